The summed E-state index contributed by atoms with van der Waals surface area (Å²) in [5.41, 5.74) is 6.01. The van der Waals surface area contributed by atoms with Crippen molar-refractivity contribution in [2.45, 2.75) is 69.4 Å². The van der Waals surface area contributed by atoms with Gasteiger partial charge in [0, 0.05) is 25.3 Å². The molecule has 33 heavy (non-hydrogen) atoms. The maximum Gasteiger partial charge on any atom is 0.225 e. The average molecular weight is 481 g/mol. The highest BCUT2D eigenvalue weighted by Gasteiger charge is 2.47. The Labute approximate surface area is 196 Å². The van der Waals surface area contributed by atoms with Crippen LogP contribution in [0.15, 0.2) is 5.16 Å². The van der Waals surface area contributed by atoms with Crippen molar-refractivity contribution >= 4 is 40.6 Å². The number of amides is 2. The number of thioether (sulfide) groups is 1. The third-order valence-corrected chi connectivity index (χ3v) is 6.59. The van der Waals surface area contributed by atoms with Gasteiger partial charge in [0.05, 0.1) is 18.1 Å². The van der Waals surface area contributed by atoms with Crippen LogP contribution < -0.4 is 16.4 Å². The van der Waals surface area contributed by atoms with E-state index in [4.69, 9.17) is 5.73 Å². The van der Waals surface area contributed by atoms with Gasteiger partial charge in [-0.3, -0.25) is 9.59 Å². The fraction of sp³-hybridized carbons (Fsp3) is 0.700. The number of carbonyl (C=O) groups excluding carboxylic acids is 2. The molecule has 1 aliphatic carbocycles. The predicted octanol–water partition coefficient (Wildman–Crippen LogP) is 0.210. The number of primary amides is 1. The van der Waals surface area contributed by atoms with E-state index in [0.717, 1.165) is 31.6 Å². The zero-order chi connectivity index (χ0) is 24.0. The Kier molecular flexibility index (Phi) is 8.80. The van der Waals surface area contributed by atoms with E-state index in [-0.39, 0.29) is 19.4 Å². The van der Waals surface area contributed by atoms with Crippen LogP contribution >= 0.6 is 11.8 Å². The summed E-state index contributed by atoms with van der Waals surface area (Å²) in [6.07, 6.45) is 0.570. The number of nitrogens with one attached hydrogen (secondary N) is 2. The molecule has 0 spiro atoms. The van der Waals surface area contributed by atoms with Crippen molar-refractivity contribution in [2.24, 2.45) is 11.7 Å². The molecule has 4 atom stereocenters. The SMILES string of the molecule is CCCCNc1nc(SCCC)nc2c1nnn2[C@@H]1C[C@H](C(=O)NCCC(N)=O)[C@@H](O)[C@H]1O. The molecule has 182 valence electrons. The first-order valence-electron chi connectivity index (χ1n) is 11.3. The van der Waals surface area contributed by atoms with Gasteiger partial charge in [0.1, 0.15) is 6.10 Å². The van der Waals surface area contributed by atoms with Crippen LogP contribution in [0, 0.1) is 5.92 Å². The summed E-state index contributed by atoms with van der Waals surface area (Å²) in [5.74, 6) is -0.429. The molecule has 0 saturated heterocycles. The first-order valence-corrected chi connectivity index (χ1v) is 12.3. The van der Waals surface area contributed by atoms with Crippen molar-refractivity contribution in [2.75, 3.05) is 24.2 Å². The molecule has 1 aliphatic rings. The quantitative estimate of drug-likeness (QED) is 0.160. The second kappa shape index (κ2) is 11.6. The van der Waals surface area contributed by atoms with Crippen LogP contribution in [0.1, 0.15) is 52.0 Å². The van der Waals surface area contributed by atoms with E-state index in [1.807, 2.05) is 0 Å². The van der Waals surface area contributed by atoms with Crippen LogP contribution in [0.4, 0.5) is 5.82 Å². The Morgan fingerprint density at radius 2 is 1.97 bits per heavy atom. The second-order valence-electron chi connectivity index (χ2n) is 8.09. The molecule has 2 aromatic rings. The lowest BCUT2D eigenvalue weighted by atomic mass is 10.0. The van der Waals surface area contributed by atoms with Gasteiger partial charge in [0.15, 0.2) is 22.1 Å². The van der Waals surface area contributed by atoms with Crippen LogP contribution in [0.2, 0.25) is 0 Å². The molecule has 0 aliphatic heterocycles. The molecule has 3 rings (SSSR count). The largest absolute Gasteiger partial charge is 0.390 e. The summed E-state index contributed by atoms with van der Waals surface area (Å²) in [4.78, 5) is 32.6. The fourth-order valence-corrected chi connectivity index (χ4v) is 4.44. The number of nitrogens with zero attached hydrogens (tertiary/aromatic N) is 5. The summed E-state index contributed by atoms with van der Waals surface area (Å²) < 4.78 is 1.47. The number of hydrogen-bond donors (Lipinski definition) is 5. The van der Waals surface area contributed by atoms with Gasteiger partial charge < -0.3 is 26.6 Å². The maximum absolute atomic E-state index is 12.5. The monoisotopic (exact) mass is 480 g/mol. The van der Waals surface area contributed by atoms with E-state index in [2.05, 4.69) is 44.8 Å². The number of hydrogen-bond acceptors (Lipinski definition) is 10. The molecule has 0 aromatic carbocycles. The minimum absolute atomic E-state index is 0.00279. The molecule has 1 fully saturated rings. The van der Waals surface area contributed by atoms with Crippen LogP contribution in [0.25, 0.3) is 11.2 Å². The molecular weight excluding hydrogens is 448 g/mol. The molecule has 6 N–H and O–H groups in total. The third kappa shape index (κ3) is 5.89. The maximum atomic E-state index is 12.5. The molecule has 2 aromatic heterocycles. The van der Waals surface area contributed by atoms with Gasteiger partial charge in [0.25, 0.3) is 0 Å². The lowest BCUT2D eigenvalue weighted by Crippen LogP contribution is -2.39. The second-order valence-corrected chi connectivity index (χ2v) is 9.15. The molecule has 2 amide bonds. The summed E-state index contributed by atoms with van der Waals surface area (Å²) >= 11 is 1.52. The van der Waals surface area contributed by atoms with Crippen molar-refractivity contribution < 1.29 is 19.8 Å². The number of anilines is 1. The molecule has 1 saturated carbocycles. The van der Waals surface area contributed by atoms with Crippen molar-refractivity contribution in [3.63, 3.8) is 0 Å². The highest BCUT2D eigenvalue weighted by molar-refractivity contribution is 7.99. The molecular formula is C20H32N8O4S. The molecule has 0 radical (unpaired) electrons. The Hall–Kier alpha value is -2.51. The zero-order valence-electron chi connectivity index (χ0n) is 18.9. The van der Waals surface area contributed by atoms with Gasteiger partial charge >= 0.3 is 0 Å². The Morgan fingerprint density at radius 1 is 1.18 bits per heavy atom. The van der Waals surface area contributed by atoms with Gasteiger partial charge in [-0.15, -0.1) is 5.10 Å². The lowest BCUT2D eigenvalue weighted by Gasteiger charge is -2.17. The summed E-state index contributed by atoms with van der Waals surface area (Å²) in [7, 11) is 0. The fourth-order valence-electron chi connectivity index (χ4n) is 3.75. The van der Waals surface area contributed by atoms with Gasteiger partial charge in [-0.05, 0) is 19.3 Å². The van der Waals surface area contributed by atoms with Crippen molar-refractivity contribution in [3.8, 4) is 0 Å². The van der Waals surface area contributed by atoms with E-state index in [1.54, 1.807) is 0 Å². The lowest BCUT2D eigenvalue weighted by molar-refractivity contribution is -0.129. The number of unbranched alkanes of at least 4 members (excludes halogenated alkanes) is 1. The van der Waals surface area contributed by atoms with Crippen molar-refractivity contribution in [1.82, 2.24) is 30.3 Å². The van der Waals surface area contributed by atoms with Crippen molar-refractivity contribution in [1.29, 1.82) is 0 Å². The summed E-state index contributed by atoms with van der Waals surface area (Å²) in [5, 5.41) is 36.1. The van der Waals surface area contributed by atoms with E-state index >= 15 is 0 Å². The number of carbonyl (C=O) groups is 2. The van der Waals surface area contributed by atoms with Gasteiger partial charge in [-0.2, -0.15) is 0 Å². The first kappa shape index (κ1) is 25.1. The number of nitrogens with two attached hydrogens (primary N) is 1. The predicted molar refractivity (Wildman–Crippen MR) is 124 cm³/mol. The van der Waals surface area contributed by atoms with Crippen LogP contribution in [-0.4, -0.2) is 78.0 Å². The van der Waals surface area contributed by atoms with E-state index in [9.17, 15) is 19.8 Å². The minimum atomic E-state index is -1.29. The van der Waals surface area contributed by atoms with Gasteiger partial charge in [-0.1, -0.05) is 37.2 Å². The molecule has 12 nitrogen and oxygen atoms in total. The van der Waals surface area contributed by atoms with Crippen LogP contribution in [-0.2, 0) is 9.59 Å². The Morgan fingerprint density at radius 3 is 2.67 bits per heavy atom. The average Bonchev–Trinajstić information content (AvgIpc) is 3.33. The zero-order valence-corrected chi connectivity index (χ0v) is 19.7. The minimum Gasteiger partial charge on any atom is -0.390 e. The number of aliphatic hydroxyl groups is 2. The standard InChI is InChI=1S/C20H32N8O4S/c1-3-5-7-22-17-14-18(25-20(24-17)33-9-4-2)28(27-26-14)12-10-11(15(30)16(12)31)19(32)23-8-6-13(21)29/h11-12,15-16,30-31H,3-10H2,1-2H3,(H2,21,29)(H,23,32)(H,22,24,25)/t11-,12+,15+,16-/m0/s1. The third-order valence-electron chi connectivity index (χ3n) is 5.53. The molecule has 0 bridgehead atoms. The van der Waals surface area contributed by atoms with Crippen LogP contribution in [0.5, 0.6) is 0 Å². The van der Waals surface area contributed by atoms with Gasteiger partial charge in [-0.25, -0.2) is 14.6 Å². The first-order chi connectivity index (χ1) is 15.9. The molecule has 13 heteroatoms. The highest BCUT2D eigenvalue weighted by Crippen LogP contribution is 2.37. The molecule has 2 heterocycles. The molecule has 0 unspecified atom stereocenters. The smallest absolute Gasteiger partial charge is 0.225 e. The van der Waals surface area contributed by atoms with Crippen LogP contribution in [0.3, 0.4) is 0 Å². The summed E-state index contributed by atoms with van der Waals surface area (Å²) in [6.45, 7) is 4.97. The van der Waals surface area contributed by atoms with Gasteiger partial charge in [0.2, 0.25) is 11.8 Å². The number of aliphatic hydroxyl groups excluding tert-OH is 2. The number of fused-ring (bicyclic) bond motifs is 1. The Balaban J connectivity index is 1.86. The number of aromatic nitrogens is 5. The Bertz CT molecular complexity index is 971. The van der Waals surface area contributed by atoms with E-state index in [0.29, 0.717) is 22.1 Å². The number of rotatable bonds is 12. The topological polar surface area (TPSA) is 181 Å². The summed E-state index contributed by atoms with van der Waals surface area (Å²) in [6, 6.07) is -0.695. The van der Waals surface area contributed by atoms with E-state index in [1.165, 1.54) is 16.4 Å². The van der Waals surface area contributed by atoms with Crippen molar-refractivity contribution in [3.05, 3.63) is 0 Å². The van der Waals surface area contributed by atoms with E-state index < -0.39 is 36.0 Å². The highest BCUT2D eigenvalue weighted by atomic mass is 32.2. The normalized spacial score (nSPS) is 22.5.